The third kappa shape index (κ3) is 9.16. The minimum absolute atomic E-state index is 0.0140. The third-order valence-electron chi connectivity index (χ3n) is 8.34. The first-order chi connectivity index (χ1) is 18.2. The van der Waals surface area contributed by atoms with E-state index in [1.165, 1.54) is 100 Å². The van der Waals surface area contributed by atoms with Crippen LogP contribution in [-0.4, -0.2) is 4.98 Å². The highest BCUT2D eigenvalue weighted by Gasteiger charge is 2.41. The number of rotatable bonds is 19. The Kier molecular flexibility index (Phi) is 13.0. The molecule has 0 amide bonds. The first kappa shape index (κ1) is 29.2. The molecule has 1 heterocycles. The van der Waals surface area contributed by atoms with Gasteiger partial charge in [-0.2, -0.15) is 0 Å². The molecule has 3 rings (SSSR count). The van der Waals surface area contributed by atoms with E-state index in [0.29, 0.717) is 5.92 Å². The molecule has 0 saturated carbocycles. The summed E-state index contributed by atoms with van der Waals surface area (Å²) in [5.41, 5.74) is 2.89. The molecular formula is C35H53N2+. The van der Waals surface area contributed by atoms with Crippen molar-refractivity contribution in [2.24, 2.45) is 0 Å². The second-order valence-electron chi connectivity index (χ2n) is 11.4. The monoisotopic (exact) mass is 501 g/mol. The number of unbranched alkanes of at least 4 members (excludes halogenated alkanes) is 10. The van der Waals surface area contributed by atoms with E-state index in [1.807, 2.05) is 0 Å². The van der Waals surface area contributed by atoms with Crippen molar-refractivity contribution in [1.82, 2.24) is 4.98 Å². The molecule has 0 spiro atoms. The fraction of sp³-hybridized carbons (Fsp3) is 0.571. The van der Waals surface area contributed by atoms with Crippen LogP contribution in [0.4, 0.5) is 0 Å². The van der Waals surface area contributed by atoms with E-state index in [-0.39, 0.29) is 5.41 Å². The zero-order valence-electron chi connectivity index (χ0n) is 24.1. The number of hydrogen-bond acceptors (Lipinski definition) is 0. The largest absolute Gasteiger partial charge is 0.258 e. The summed E-state index contributed by atoms with van der Waals surface area (Å²) in [6.07, 6.45) is 22.8. The molecule has 1 aromatic heterocycles. The van der Waals surface area contributed by atoms with Crippen molar-refractivity contribution in [3.63, 3.8) is 0 Å². The number of aromatic nitrogens is 2. The highest BCUT2D eigenvalue weighted by atomic mass is 15.1. The van der Waals surface area contributed by atoms with Crippen LogP contribution in [0.15, 0.2) is 73.1 Å². The summed E-state index contributed by atoms with van der Waals surface area (Å²) in [5, 5.41) is 0. The van der Waals surface area contributed by atoms with Crippen molar-refractivity contribution in [2.45, 2.75) is 129 Å². The van der Waals surface area contributed by atoms with Gasteiger partial charge >= 0.3 is 0 Å². The molecule has 0 fully saturated rings. The third-order valence-corrected chi connectivity index (χ3v) is 8.34. The second kappa shape index (κ2) is 16.5. The van der Waals surface area contributed by atoms with E-state index in [9.17, 15) is 0 Å². The van der Waals surface area contributed by atoms with Crippen LogP contribution in [0.25, 0.3) is 0 Å². The van der Waals surface area contributed by atoms with Gasteiger partial charge < -0.3 is 0 Å². The molecular weight excluding hydrogens is 448 g/mol. The van der Waals surface area contributed by atoms with Crippen molar-refractivity contribution in [2.75, 3.05) is 0 Å². The Morgan fingerprint density at radius 2 is 1.27 bits per heavy atom. The molecule has 0 aliphatic rings. The molecule has 0 saturated heterocycles. The standard InChI is InChI=1S/C35H52N2/c1-4-6-8-10-11-13-21-28-37-29-27-36-34(37)33(26-20-12-9-7-5-2)35(3,32-24-18-15-19-25-32)30-31-22-16-14-17-23-31/h14-19,22-25,27,29,33H,4-13,20-21,26,28,30H2,1-3H3/p+1. The number of aryl methyl sites for hydroxylation is 1. The average Bonchev–Trinajstić information content (AvgIpc) is 3.39. The Labute approximate surface area is 227 Å². The summed E-state index contributed by atoms with van der Waals surface area (Å²) >= 11 is 0. The van der Waals surface area contributed by atoms with Crippen LogP contribution in [0.1, 0.15) is 127 Å². The van der Waals surface area contributed by atoms with Gasteiger partial charge in [-0.3, -0.25) is 0 Å². The Morgan fingerprint density at radius 1 is 0.703 bits per heavy atom. The summed E-state index contributed by atoms with van der Waals surface area (Å²) in [6.45, 7) is 8.24. The van der Waals surface area contributed by atoms with Crippen LogP contribution >= 0.6 is 0 Å². The van der Waals surface area contributed by atoms with Gasteiger partial charge in [-0.05, 0) is 36.8 Å². The zero-order chi connectivity index (χ0) is 26.2. The number of imidazole rings is 1. The Hall–Kier alpha value is -2.35. The second-order valence-corrected chi connectivity index (χ2v) is 11.4. The van der Waals surface area contributed by atoms with Crippen molar-refractivity contribution in [3.05, 3.63) is 90.0 Å². The summed E-state index contributed by atoms with van der Waals surface area (Å²) in [6, 6.07) is 22.4. The van der Waals surface area contributed by atoms with Gasteiger partial charge in [0.2, 0.25) is 0 Å². The molecule has 3 aromatic rings. The molecule has 1 N–H and O–H groups in total. The van der Waals surface area contributed by atoms with Gasteiger partial charge in [0.1, 0.15) is 12.4 Å². The molecule has 2 nitrogen and oxygen atoms in total. The minimum Gasteiger partial charge on any atom is -0.247 e. The molecule has 37 heavy (non-hydrogen) atoms. The van der Waals surface area contributed by atoms with Crippen molar-refractivity contribution >= 4 is 0 Å². The van der Waals surface area contributed by atoms with E-state index in [1.54, 1.807) is 0 Å². The number of nitrogens with one attached hydrogen (secondary N) is 1. The van der Waals surface area contributed by atoms with Gasteiger partial charge in [0.05, 0.1) is 12.5 Å². The van der Waals surface area contributed by atoms with E-state index in [4.69, 9.17) is 0 Å². The van der Waals surface area contributed by atoms with Crippen molar-refractivity contribution in [3.8, 4) is 0 Å². The van der Waals surface area contributed by atoms with Crippen molar-refractivity contribution < 1.29 is 4.57 Å². The maximum atomic E-state index is 3.75. The number of hydrogen-bond donors (Lipinski definition) is 1. The lowest BCUT2D eigenvalue weighted by atomic mass is 9.66. The Morgan fingerprint density at radius 3 is 1.92 bits per heavy atom. The van der Waals surface area contributed by atoms with Crippen LogP contribution in [0.2, 0.25) is 0 Å². The fourth-order valence-corrected chi connectivity index (χ4v) is 6.09. The Bertz CT molecular complexity index is 961. The molecule has 2 aromatic carbocycles. The summed E-state index contributed by atoms with van der Waals surface area (Å²) < 4.78 is 2.55. The predicted octanol–water partition coefficient (Wildman–Crippen LogP) is 9.70. The van der Waals surface area contributed by atoms with Gasteiger partial charge in [-0.25, -0.2) is 9.55 Å². The first-order valence-electron chi connectivity index (χ1n) is 15.3. The highest BCUT2D eigenvalue weighted by molar-refractivity contribution is 5.32. The lowest BCUT2D eigenvalue weighted by Crippen LogP contribution is -2.43. The quantitative estimate of drug-likeness (QED) is 0.125. The van der Waals surface area contributed by atoms with E-state index >= 15 is 0 Å². The van der Waals surface area contributed by atoms with Gasteiger partial charge in [0.15, 0.2) is 0 Å². The Balaban J connectivity index is 1.84. The molecule has 0 aliphatic heterocycles. The van der Waals surface area contributed by atoms with Gasteiger partial charge in [0.25, 0.3) is 5.82 Å². The molecule has 202 valence electrons. The zero-order valence-corrected chi connectivity index (χ0v) is 24.1. The van der Waals surface area contributed by atoms with Crippen LogP contribution in [0.3, 0.4) is 0 Å². The van der Waals surface area contributed by atoms with E-state index in [2.05, 4.69) is 103 Å². The lowest BCUT2D eigenvalue weighted by molar-refractivity contribution is -0.705. The maximum Gasteiger partial charge on any atom is 0.258 e. The molecule has 2 heteroatoms. The van der Waals surface area contributed by atoms with Crippen molar-refractivity contribution in [1.29, 1.82) is 0 Å². The summed E-state index contributed by atoms with van der Waals surface area (Å²) in [4.78, 5) is 3.75. The summed E-state index contributed by atoms with van der Waals surface area (Å²) in [7, 11) is 0. The smallest absolute Gasteiger partial charge is 0.247 e. The van der Waals surface area contributed by atoms with Gasteiger partial charge in [-0.15, -0.1) is 0 Å². The molecule has 2 atom stereocenters. The topological polar surface area (TPSA) is 19.7 Å². The number of aromatic amines is 1. The van der Waals surface area contributed by atoms with E-state index < -0.39 is 0 Å². The lowest BCUT2D eigenvalue weighted by Gasteiger charge is -2.37. The van der Waals surface area contributed by atoms with Crippen LogP contribution in [-0.2, 0) is 18.4 Å². The van der Waals surface area contributed by atoms with Gasteiger partial charge in [0, 0.05) is 5.41 Å². The van der Waals surface area contributed by atoms with E-state index in [0.717, 1.165) is 13.0 Å². The number of H-pyrrole nitrogens is 1. The molecule has 0 radical (unpaired) electrons. The van der Waals surface area contributed by atoms with Crippen LogP contribution < -0.4 is 4.57 Å². The normalized spacial score (nSPS) is 13.9. The molecule has 2 unspecified atom stereocenters. The average molecular weight is 502 g/mol. The molecule has 0 bridgehead atoms. The highest BCUT2D eigenvalue weighted by Crippen LogP contribution is 2.43. The maximum absolute atomic E-state index is 3.75. The molecule has 0 aliphatic carbocycles. The van der Waals surface area contributed by atoms with Gasteiger partial charge in [-0.1, -0.05) is 146 Å². The summed E-state index contributed by atoms with van der Waals surface area (Å²) in [5.74, 6) is 1.86. The minimum atomic E-state index is 0.0140. The number of nitrogens with zero attached hydrogens (tertiary/aromatic N) is 1. The predicted molar refractivity (Wildman–Crippen MR) is 159 cm³/mol. The SMILES string of the molecule is CCCCCCCCC[n+]1cc[nH]c1C(CCCCCCC)C(C)(Cc1ccccc1)c1ccccc1. The first-order valence-corrected chi connectivity index (χ1v) is 15.3. The van der Waals surface area contributed by atoms with Crippen LogP contribution in [0.5, 0.6) is 0 Å². The fourth-order valence-electron chi connectivity index (χ4n) is 6.09. The van der Waals surface area contributed by atoms with Crippen LogP contribution in [0, 0.1) is 0 Å². The number of benzene rings is 2.